The molecular formula is C9H5ClF4O. The van der Waals surface area contributed by atoms with Crippen molar-refractivity contribution in [1.29, 1.82) is 0 Å². The van der Waals surface area contributed by atoms with Gasteiger partial charge in [-0.1, -0.05) is 12.1 Å². The summed E-state index contributed by atoms with van der Waals surface area (Å²) in [5.74, 6) is -2.67. The Bertz CT molecular complexity index is 357. The maximum absolute atomic E-state index is 12.4. The third kappa shape index (κ3) is 2.92. The number of alkyl halides is 4. The number of rotatable bonds is 2. The van der Waals surface area contributed by atoms with Crippen molar-refractivity contribution in [2.24, 2.45) is 0 Å². The molecule has 0 aliphatic rings. The lowest BCUT2D eigenvalue weighted by Gasteiger charge is -2.10. The molecule has 0 bridgehead atoms. The zero-order valence-electron chi connectivity index (χ0n) is 7.18. The predicted molar refractivity (Wildman–Crippen MR) is 46.1 cm³/mol. The van der Waals surface area contributed by atoms with Gasteiger partial charge in [-0.15, -0.1) is 11.6 Å². The molecule has 1 unspecified atom stereocenters. The van der Waals surface area contributed by atoms with Gasteiger partial charge < -0.3 is 0 Å². The van der Waals surface area contributed by atoms with Gasteiger partial charge in [0.1, 0.15) is 11.2 Å². The van der Waals surface area contributed by atoms with Crippen LogP contribution < -0.4 is 0 Å². The normalized spacial score (nSPS) is 13.7. The van der Waals surface area contributed by atoms with Gasteiger partial charge in [0.05, 0.1) is 0 Å². The molecule has 0 radical (unpaired) electrons. The summed E-state index contributed by atoms with van der Waals surface area (Å²) in [4.78, 5) is 10.7. The van der Waals surface area contributed by atoms with E-state index in [9.17, 15) is 22.4 Å². The quantitative estimate of drug-likeness (QED) is 0.573. The number of carbonyl (C=O) groups is 1. The minimum absolute atomic E-state index is 0.0830. The minimum atomic E-state index is -4.99. The molecule has 0 fully saturated rings. The molecule has 1 atom stereocenters. The monoisotopic (exact) mass is 240 g/mol. The van der Waals surface area contributed by atoms with E-state index in [0.29, 0.717) is 0 Å². The highest BCUT2D eigenvalue weighted by Crippen LogP contribution is 2.30. The first-order chi connectivity index (χ1) is 6.82. The number of hydrogen-bond donors (Lipinski definition) is 0. The van der Waals surface area contributed by atoms with Crippen LogP contribution >= 0.6 is 11.6 Å². The SMILES string of the molecule is O=C(C(Cl)c1ccc(F)cc1)C(F)(F)F. The van der Waals surface area contributed by atoms with E-state index < -0.39 is 23.2 Å². The molecule has 0 saturated heterocycles. The molecule has 0 heterocycles. The lowest BCUT2D eigenvalue weighted by Crippen LogP contribution is -2.26. The molecule has 0 aromatic heterocycles. The van der Waals surface area contributed by atoms with Crippen LogP contribution in [0, 0.1) is 5.82 Å². The van der Waals surface area contributed by atoms with E-state index in [0.717, 1.165) is 24.3 Å². The van der Waals surface area contributed by atoms with Gasteiger partial charge in [0.25, 0.3) is 5.78 Å². The summed E-state index contributed by atoms with van der Waals surface area (Å²) < 4.78 is 48.3. The second-order valence-corrected chi connectivity index (χ2v) is 3.21. The van der Waals surface area contributed by atoms with Crippen LogP contribution in [0.1, 0.15) is 10.9 Å². The fraction of sp³-hybridized carbons (Fsp3) is 0.222. The number of carbonyl (C=O) groups excluding carboxylic acids is 1. The molecule has 0 saturated carbocycles. The third-order valence-electron chi connectivity index (χ3n) is 1.67. The molecular weight excluding hydrogens is 236 g/mol. The van der Waals surface area contributed by atoms with Gasteiger partial charge in [-0.3, -0.25) is 4.79 Å². The van der Waals surface area contributed by atoms with Crippen LogP contribution in [0.2, 0.25) is 0 Å². The van der Waals surface area contributed by atoms with Crippen molar-refractivity contribution < 1.29 is 22.4 Å². The number of ketones is 1. The van der Waals surface area contributed by atoms with Gasteiger partial charge in [-0.05, 0) is 17.7 Å². The topological polar surface area (TPSA) is 17.1 Å². The highest BCUT2D eigenvalue weighted by atomic mass is 35.5. The standard InChI is InChI=1S/C9H5ClF4O/c10-7(8(15)9(12,13)14)5-1-3-6(11)4-2-5/h1-4,7H. The Hall–Kier alpha value is -1.10. The van der Waals surface area contributed by atoms with Gasteiger partial charge >= 0.3 is 6.18 Å². The largest absolute Gasteiger partial charge is 0.451 e. The minimum Gasteiger partial charge on any atom is -0.287 e. The van der Waals surface area contributed by atoms with Crippen LogP contribution in [0.5, 0.6) is 0 Å². The Labute approximate surface area is 87.7 Å². The summed E-state index contributed by atoms with van der Waals surface area (Å²) >= 11 is 5.30. The van der Waals surface area contributed by atoms with E-state index >= 15 is 0 Å². The van der Waals surface area contributed by atoms with E-state index in [4.69, 9.17) is 11.6 Å². The van der Waals surface area contributed by atoms with Crippen LogP contribution in [0.3, 0.4) is 0 Å². The number of Topliss-reactive ketones (excluding diaryl/α,β-unsaturated/α-hetero) is 1. The Morgan fingerprint density at radius 2 is 1.67 bits per heavy atom. The Kier molecular flexibility index (Phi) is 3.34. The van der Waals surface area contributed by atoms with Crippen molar-refractivity contribution in [3.05, 3.63) is 35.6 Å². The molecule has 0 aliphatic carbocycles. The first-order valence-corrected chi connectivity index (χ1v) is 4.26. The molecule has 1 aromatic carbocycles. The van der Waals surface area contributed by atoms with Gasteiger partial charge in [-0.2, -0.15) is 13.2 Å². The van der Waals surface area contributed by atoms with Crippen molar-refractivity contribution in [1.82, 2.24) is 0 Å². The maximum atomic E-state index is 12.4. The summed E-state index contributed by atoms with van der Waals surface area (Å²) in [7, 11) is 0. The van der Waals surface area contributed by atoms with E-state index in [1.165, 1.54) is 0 Å². The van der Waals surface area contributed by atoms with E-state index in [-0.39, 0.29) is 5.56 Å². The lowest BCUT2D eigenvalue weighted by atomic mass is 10.1. The number of benzene rings is 1. The Morgan fingerprint density at radius 3 is 2.07 bits per heavy atom. The lowest BCUT2D eigenvalue weighted by molar-refractivity contribution is -0.170. The average molecular weight is 241 g/mol. The highest BCUT2D eigenvalue weighted by Gasteiger charge is 2.43. The maximum Gasteiger partial charge on any atom is 0.451 e. The second-order valence-electron chi connectivity index (χ2n) is 2.78. The molecule has 15 heavy (non-hydrogen) atoms. The second kappa shape index (κ2) is 4.18. The van der Waals surface area contributed by atoms with Crippen molar-refractivity contribution in [2.45, 2.75) is 11.6 Å². The summed E-state index contributed by atoms with van der Waals surface area (Å²) in [6.07, 6.45) is -4.99. The molecule has 82 valence electrons. The van der Waals surface area contributed by atoms with Gasteiger partial charge in [-0.25, -0.2) is 4.39 Å². The van der Waals surface area contributed by atoms with Crippen LogP contribution in [-0.4, -0.2) is 12.0 Å². The fourth-order valence-corrected chi connectivity index (χ4v) is 1.20. The van der Waals surface area contributed by atoms with Crippen molar-refractivity contribution in [3.8, 4) is 0 Å². The van der Waals surface area contributed by atoms with Gasteiger partial charge in [0.2, 0.25) is 0 Å². The van der Waals surface area contributed by atoms with Crippen molar-refractivity contribution in [2.75, 3.05) is 0 Å². The van der Waals surface area contributed by atoms with Crippen molar-refractivity contribution >= 4 is 17.4 Å². The average Bonchev–Trinajstić information content (AvgIpc) is 2.15. The molecule has 1 nitrogen and oxygen atoms in total. The predicted octanol–water partition coefficient (Wildman–Crippen LogP) is 3.24. The fourth-order valence-electron chi connectivity index (χ4n) is 0.927. The third-order valence-corrected chi connectivity index (χ3v) is 2.12. The van der Waals surface area contributed by atoms with Gasteiger partial charge in [0.15, 0.2) is 0 Å². The van der Waals surface area contributed by atoms with E-state index in [1.54, 1.807) is 0 Å². The number of hydrogen-bond acceptors (Lipinski definition) is 1. The molecule has 1 aromatic rings. The van der Waals surface area contributed by atoms with E-state index in [1.807, 2.05) is 0 Å². The summed E-state index contributed by atoms with van der Waals surface area (Å²) in [5, 5.41) is -1.83. The molecule has 0 aliphatic heterocycles. The van der Waals surface area contributed by atoms with E-state index in [2.05, 4.69) is 0 Å². The zero-order valence-corrected chi connectivity index (χ0v) is 7.94. The van der Waals surface area contributed by atoms with Crippen LogP contribution in [0.15, 0.2) is 24.3 Å². The summed E-state index contributed by atoms with van der Waals surface area (Å²) in [6, 6.07) is 3.95. The number of halogens is 5. The van der Waals surface area contributed by atoms with Crippen LogP contribution in [-0.2, 0) is 4.79 Å². The van der Waals surface area contributed by atoms with Crippen LogP contribution in [0.25, 0.3) is 0 Å². The molecule has 6 heteroatoms. The molecule has 0 N–H and O–H groups in total. The first-order valence-electron chi connectivity index (χ1n) is 3.83. The zero-order chi connectivity index (χ0) is 11.6. The highest BCUT2D eigenvalue weighted by molar-refractivity contribution is 6.31. The smallest absolute Gasteiger partial charge is 0.287 e. The molecule has 0 amide bonds. The van der Waals surface area contributed by atoms with Crippen molar-refractivity contribution in [3.63, 3.8) is 0 Å². The summed E-state index contributed by atoms with van der Waals surface area (Å²) in [6.45, 7) is 0. The Balaban J connectivity index is 2.90. The molecule has 0 spiro atoms. The van der Waals surface area contributed by atoms with Gasteiger partial charge in [0, 0.05) is 0 Å². The summed E-state index contributed by atoms with van der Waals surface area (Å²) in [5.41, 5.74) is -0.0830. The first kappa shape index (κ1) is 12.0. The van der Waals surface area contributed by atoms with Crippen LogP contribution in [0.4, 0.5) is 17.6 Å². The Morgan fingerprint density at radius 1 is 1.20 bits per heavy atom. The molecule has 1 rings (SSSR count).